The van der Waals surface area contributed by atoms with Gasteiger partial charge in [0.25, 0.3) is 5.91 Å². The molecule has 0 unspecified atom stereocenters. The summed E-state index contributed by atoms with van der Waals surface area (Å²) in [6.45, 7) is 6.07. The standard InChI is InChI=1S/C17H27N2O7PS/c1-3-25-27(21,26-4-2)14-28(22,23)16-7-5-15(6-8-16)24-13-17(20)19-11-9-18-10-12-19/h5-8,18H,3-4,9-14H2,1-2H3. The molecule has 158 valence electrons. The van der Waals surface area contributed by atoms with Crippen LogP contribution >= 0.6 is 7.60 Å². The summed E-state index contributed by atoms with van der Waals surface area (Å²) < 4.78 is 53.2. The molecule has 0 bridgehead atoms. The van der Waals surface area contributed by atoms with E-state index in [0.29, 0.717) is 18.8 Å². The molecular weight excluding hydrogens is 407 g/mol. The van der Waals surface area contributed by atoms with E-state index in [2.05, 4.69) is 5.32 Å². The summed E-state index contributed by atoms with van der Waals surface area (Å²) in [4.78, 5) is 13.8. The van der Waals surface area contributed by atoms with Crippen molar-refractivity contribution in [3.8, 4) is 5.75 Å². The Labute approximate surface area is 165 Å². The Hall–Kier alpha value is -1.45. The molecule has 9 nitrogen and oxygen atoms in total. The molecule has 1 amide bonds. The van der Waals surface area contributed by atoms with Crippen molar-refractivity contribution in [3.63, 3.8) is 0 Å². The van der Waals surface area contributed by atoms with Crippen LogP contribution in [-0.2, 0) is 28.2 Å². The number of carbonyl (C=O) groups excluding carboxylic acids is 1. The molecule has 1 aromatic carbocycles. The second-order valence-electron chi connectivity index (χ2n) is 6.08. The molecule has 1 saturated heterocycles. The van der Waals surface area contributed by atoms with Gasteiger partial charge >= 0.3 is 7.60 Å². The highest BCUT2D eigenvalue weighted by Gasteiger charge is 2.32. The molecule has 0 saturated carbocycles. The van der Waals surface area contributed by atoms with E-state index in [1.54, 1.807) is 18.7 Å². The van der Waals surface area contributed by atoms with Gasteiger partial charge < -0.3 is 24.0 Å². The van der Waals surface area contributed by atoms with Gasteiger partial charge in [-0.3, -0.25) is 9.36 Å². The molecular formula is C17H27N2O7PS. The summed E-state index contributed by atoms with van der Waals surface area (Å²) in [6.07, 6.45) is 0. The van der Waals surface area contributed by atoms with Crippen molar-refractivity contribution in [1.82, 2.24) is 10.2 Å². The van der Waals surface area contributed by atoms with Crippen molar-refractivity contribution in [2.75, 3.05) is 51.5 Å². The first-order valence-corrected chi connectivity index (χ1v) is 12.5. The lowest BCUT2D eigenvalue weighted by atomic mass is 10.3. The van der Waals surface area contributed by atoms with Crippen LogP contribution in [0.5, 0.6) is 5.75 Å². The van der Waals surface area contributed by atoms with Gasteiger partial charge in [-0.1, -0.05) is 0 Å². The van der Waals surface area contributed by atoms with Crippen molar-refractivity contribution in [2.45, 2.75) is 18.7 Å². The van der Waals surface area contributed by atoms with Crippen LogP contribution in [0.25, 0.3) is 0 Å². The third kappa shape index (κ3) is 6.56. The average molecular weight is 434 g/mol. The first-order valence-electron chi connectivity index (χ1n) is 9.12. The average Bonchev–Trinajstić information content (AvgIpc) is 2.67. The molecule has 28 heavy (non-hydrogen) atoms. The van der Waals surface area contributed by atoms with Crippen LogP contribution in [0, 0.1) is 0 Å². The van der Waals surface area contributed by atoms with Crippen LogP contribution in [0.2, 0.25) is 0 Å². The van der Waals surface area contributed by atoms with Crippen LogP contribution in [-0.4, -0.2) is 70.7 Å². The Morgan fingerprint density at radius 3 is 2.21 bits per heavy atom. The Morgan fingerprint density at radius 2 is 1.68 bits per heavy atom. The first-order chi connectivity index (χ1) is 13.3. The smallest absolute Gasteiger partial charge is 0.346 e. The van der Waals surface area contributed by atoms with Crippen molar-refractivity contribution in [2.24, 2.45) is 0 Å². The lowest BCUT2D eigenvalue weighted by Gasteiger charge is -2.27. The van der Waals surface area contributed by atoms with E-state index < -0.39 is 22.9 Å². The number of piperazine rings is 1. The Morgan fingerprint density at radius 1 is 1.11 bits per heavy atom. The zero-order valence-electron chi connectivity index (χ0n) is 16.1. The number of hydrogen-bond acceptors (Lipinski definition) is 8. The Kier molecular flexibility index (Phi) is 8.45. The lowest BCUT2D eigenvalue weighted by molar-refractivity contribution is -0.133. The van der Waals surface area contributed by atoms with E-state index in [1.165, 1.54) is 24.3 Å². The maximum absolute atomic E-state index is 12.5. The van der Waals surface area contributed by atoms with Gasteiger partial charge in [0, 0.05) is 26.2 Å². The summed E-state index contributed by atoms with van der Waals surface area (Å²) in [5.74, 6) is 0.257. The van der Waals surface area contributed by atoms with Crippen molar-refractivity contribution in [3.05, 3.63) is 24.3 Å². The van der Waals surface area contributed by atoms with Gasteiger partial charge in [-0.15, -0.1) is 0 Å². The number of nitrogens with one attached hydrogen (secondary N) is 1. The highest BCUT2D eigenvalue weighted by molar-refractivity contribution is 7.97. The van der Waals surface area contributed by atoms with E-state index in [0.717, 1.165) is 13.1 Å². The predicted molar refractivity (Wildman–Crippen MR) is 104 cm³/mol. The minimum atomic E-state index is -3.88. The summed E-state index contributed by atoms with van der Waals surface area (Å²) in [6, 6.07) is 5.62. The van der Waals surface area contributed by atoms with Gasteiger partial charge in [0.15, 0.2) is 21.9 Å². The summed E-state index contributed by atoms with van der Waals surface area (Å²) in [5.41, 5.74) is -0.733. The molecule has 11 heteroatoms. The van der Waals surface area contributed by atoms with Crippen molar-refractivity contribution < 1.29 is 31.6 Å². The second-order valence-corrected chi connectivity index (χ2v) is 10.6. The molecule has 0 aromatic heterocycles. The van der Waals surface area contributed by atoms with Gasteiger partial charge in [0.1, 0.15) is 5.75 Å². The quantitative estimate of drug-likeness (QED) is 0.552. The SMILES string of the molecule is CCOP(=O)(CS(=O)(=O)c1ccc(OCC(=O)N2CCNCC2)cc1)OCC. The first kappa shape index (κ1) is 22.8. The van der Waals surface area contributed by atoms with E-state index in [-0.39, 0.29) is 30.6 Å². The number of carbonyl (C=O) groups is 1. The Bertz CT molecular complexity index is 782. The summed E-state index contributed by atoms with van der Waals surface area (Å²) in [5, 5.41) is 3.17. The number of nitrogens with zero attached hydrogens (tertiary/aromatic N) is 1. The molecule has 1 aliphatic heterocycles. The number of amides is 1. The predicted octanol–water partition coefficient (Wildman–Crippen LogP) is 1.49. The third-order valence-electron chi connectivity index (χ3n) is 3.99. The molecule has 2 rings (SSSR count). The Balaban J connectivity index is 1.98. The lowest BCUT2D eigenvalue weighted by Crippen LogP contribution is -2.47. The normalized spacial score (nSPS) is 15.4. The molecule has 0 aliphatic carbocycles. The molecule has 0 atom stereocenters. The van der Waals surface area contributed by atoms with Crippen LogP contribution in [0.3, 0.4) is 0 Å². The molecule has 1 aromatic rings. The molecule has 1 fully saturated rings. The molecule has 1 heterocycles. The molecule has 0 radical (unpaired) electrons. The van der Waals surface area contributed by atoms with Crippen molar-refractivity contribution in [1.29, 1.82) is 0 Å². The van der Waals surface area contributed by atoms with Crippen LogP contribution in [0.15, 0.2) is 29.2 Å². The third-order valence-corrected chi connectivity index (χ3v) is 8.91. The van der Waals surface area contributed by atoms with Gasteiger partial charge in [0.2, 0.25) is 0 Å². The van der Waals surface area contributed by atoms with E-state index in [1.807, 2.05) is 0 Å². The number of hydrogen-bond donors (Lipinski definition) is 1. The van der Waals surface area contributed by atoms with Crippen LogP contribution in [0.1, 0.15) is 13.8 Å². The molecule has 1 aliphatic rings. The minimum absolute atomic E-state index is 0.0205. The van der Waals surface area contributed by atoms with Gasteiger partial charge in [-0.2, -0.15) is 0 Å². The number of ether oxygens (including phenoxy) is 1. The van der Waals surface area contributed by atoms with Gasteiger partial charge in [-0.05, 0) is 38.1 Å². The fraction of sp³-hybridized carbons (Fsp3) is 0.588. The second kappa shape index (κ2) is 10.4. The number of sulfone groups is 1. The molecule has 0 spiro atoms. The van der Waals surface area contributed by atoms with Crippen LogP contribution in [0.4, 0.5) is 0 Å². The fourth-order valence-corrected chi connectivity index (χ4v) is 6.95. The minimum Gasteiger partial charge on any atom is -0.484 e. The topological polar surface area (TPSA) is 111 Å². The highest BCUT2D eigenvalue weighted by atomic mass is 32.2. The van der Waals surface area contributed by atoms with E-state index >= 15 is 0 Å². The maximum atomic E-state index is 12.5. The number of rotatable bonds is 10. The van der Waals surface area contributed by atoms with Crippen LogP contribution < -0.4 is 10.1 Å². The van der Waals surface area contributed by atoms with E-state index in [9.17, 15) is 17.8 Å². The van der Waals surface area contributed by atoms with E-state index in [4.69, 9.17) is 13.8 Å². The zero-order valence-corrected chi connectivity index (χ0v) is 17.8. The van der Waals surface area contributed by atoms with Gasteiger partial charge in [0.05, 0.1) is 18.1 Å². The molecule has 1 N–H and O–H groups in total. The summed E-state index contributed by atoms with van der Waals surface area (Å²) in [7, 11) is -7.61. The summed E-state index contributed by atoms with van der Waals surface area (Å²) >= 11 is 0. The fourth-order valence-electron chi connectivity index (χ4n) is 2.68. The highest BCUT2D eigenvalue weighted by Crippen LogP contribution is 2.50. The monoisotopic (exact) mass is 434 g/mol. The van der Waals surface area contributed by atoms with Crippen molar-refractivity contribution >= 4 is 23.3 Å². The number of benzene rings is 1. The maximum Gasteiger partial charge on any atom is 0.346 e. The van der Waals surface area contributed by atoms with Gasteiger partial charge in [-0.25, -0.2) is 8.42 Å². The largest absolute Gasteiger partial charge is 0.484 e. The zero-order chi connectivity index (χ0) is 20.6.